The molecule has 118 valence electrons. The van der Waals surface area contributed by atoms with Crippen LogP contribution in [0.15, 0.2) is 34.1 Å². The van der Waals surface area contributed by atoms with E-state index < -0.39 is 32.1 Å². The normalized spacial score (nSPS) is 14.1. The van der Waals surface area contributed by atoms with E-state index in [9.17, 15) is 21.6 Å². The number of carbonyl (C=O) groups is 1. The zero-order valence-electron chi connectivity index (χ0n) is 11.6. The first-order valence-electron chi connectivity index (χ1n) is 5.76. The fraction of sp³-hybridized carbons (Fsp3) is 0.364. The van der Waals surface area contributed by atoms with Crippen molar-refractivity contribution in [3.63, 3.8) is 0 Å². The van der Waals surface area contributed by atoms with Crippen LogP contribution in [0.4, 0.5) is 0 Å². The van der Waals surface area contributed by atoms with Gasteiger partial charge in [-0.3, -0.25) is 4.79 Å². The SMILES string of the molecule is C[C@H](NS(=O)(=O)c1ccc(S(=O)(=O)N(C)C)cc1)C(=O)O. The standard InChI is InChI=1S/C11H16N2O6S2/c1-8(11(14)15)12-20(16,17)9-4-6-10(7-5-9)21(18,19)13(2)3/h4-8,12H,1-3H3,(H,14,15)/t8-/m0/s1. The third-order valence-electron chi connectivity index (χ3n) is 2.61. The molecule has 0 spiro atoms. The van der Waals surface area contributed by atoms with Crippen molar-refractivity contribution in [2.75, 3.05) is 14.1 Å². The molecule has 0 aliphatic rings. The van der Waals surface area contributed by atoms with E-state index in [4.69, 9.17) is 5.11 Å². The lowest BCUT2D eigenvalue weighted by atomic mass is 10.4. The molecular formula is C11H16N2O6S2. The van der Waals surface area contributed by atoms with Gasteiger partial charge in [-0.15, -0.1) is 0 Å². The van der Waals surface area contributed by atoms with Crippen molar-refractivity contribution < 1.29 is 26.7 Å². The molecule has 21 heavy (non-hydrogen) atoms. The van der Waals surface area contributed by atoms with E-state index in [1.54, 1.807) is 0 Å². The van der Waals surface area contributed by atoms with Crippen molar-refractivity contribution in [1.29, 1.82) is 0 Å². The zero-order chi connectivity index (χ0) is 16.4. The molecule has 0 amide bonds. The lowest BCUT2D eigenvalue weighted by molar-refractivity contribution is -0.138. The van der Waals surface area contributed by atoms with Crippen molar-refractivity contribution in [2.24, 2.45) is 0 Å². The first-order valence-corrected chi connectivity index (χ1v) is 8.68. The van der Waals surface area contributed by atoms with Crippen LogP contribution in [-0.4, -0.2) is 52.4 Å². The van der Waals surface area contributed by atoms with Crippen LogP contribution in [0.25, 0.3) is 0 Å². The zero-order valence-corrected chi connectivity index (χ0v) is 13.3. The molecule has 0 bridgehead atoms. The van der Waals surface area contributed by atoms with Crippen LogP contribution in [0.2, 0.25) is 0 Å². The molecule has 10 heteroatoms. The van der Waals surface area contributed by atoms with Crippen molar-refractivity contribution in [1.82, 2.24) is 9.03 Å². The largest absolute Gasteiger partial charge is 0.480 e. The van der Waals surface area contributed by atoms with Crippen LogP contribution in [0, 0.1) is 0 Å². The molecule has 1 atom stereocenters. The quantitative estimate of drug-likeness (QED) is 0.735. The number of sulfonamides is 2. The number of nitrogens with zero attached hydrogens (tertiary/aromatic N) is 1. The number of hydrogen-bond donors (Lipinski definition) is 2. The fourth-order valence-electron chi connectivity index (χ4n) is 1.35. The van der Waals surface area contributed by atoms with Gasteiger partial charge in [0.15, 0.2) is 0 Å². The Morgan fingerprint density at radius 3 is 1.90 bits per heavy atom. The minimum absolute atomic E-state index is 0.0577. The molecule has 2 N–H and O–H groups in total. The number of carboxylic acid groups (broad SMARTS) is 1. The summed E-state index contributed by atoms with van der Waals surface area (Å²) in [7, 11) is -4.96. The Kier molecular flexibility index (Phi) is 5.10. The van der Waals surface area contributed by atoms with Crippen LogP contribution in [-0.2, 0) is 24.8 Å². The Hall–Kier alpha value is -1.49. The van der Waals surface area contributed by atoms with Gasteiger partial charge in [-0.25, -0.2) is 21.1 Å². The fourth-order valence-corrected chi connectivity index (χ4v) is 3.45. The van der Waals surface area contributed by atoms with Crippen molar-refractivity contribution in [3.05, 3.63) is 24.3 Å². The highest BCUT2D eigenvalue weighted by atomic mass is 32.2. The Morgan fingerprint density at radius 1 is 1.10 bits per heavy atom. The van der Waals surface area contributed by atoms with Crippen LogP contribution in [0.3, 0.4) is 0 Å². The number of rotatable bonds is 6. The highest BCUT2D eigenvalue weighted by Crippen LogP contribution is 2.16. The highest BCUT2D eigenvalue weighted by Gasteiger charge is 2.23. The van der Waals surface area contributed by atoms with Gasteiger partial charge in [0, 0.05) is 14.1 Å². The van der Waals surface area contributed by atoms with E-state index in [2.05, 4.69) is 0 Å². The maximum absolute atomic E-state index is 11.9. The molecule has 1 aromatic rings. The third-order valence-corrected chi connectivity index (χ3v) is 6.00. The predicted molar refractivity (Wildman–Crippen MR) is 74.7 cm³/mol. The molecule has 0 aromatic heterocycles. The summed E-state index contributed by atoms with van der Waals surface area (Å²) < 4.78 is 50.5. The lowest BCUT2D eigenvalue weighted by Gasteiger charge is -2.13. The number of benzene rings is 1. The Morgan fingerprint density at radius 2 is 1.52 bits per heavy atom. The number of hydrogen-bond acceptors (Lipinski definition) is 5. The van der Waals surface area contributed by atoms with Crippen molar-refractivity contribution >= 4 is 26.0 Å². The van der Waals surface area contributed by atoms with Gasteiger partial charge < -0.3 is 5.11 Å². The number of carboxylic acids is 1. The Bertz CT molecular complexity index is 722. The summed E-state index contributed by atoms with van der Waals surface area (Å²) in [5, 5.41) is 8.69. The maximum atomic E-state index is 11.9. The molecule has 1 rings (SSSR count). The molecule has 0 aliphatic carbocycles. The second-order valence-electron chi connectivity index (χ2n) is 4.44. The summed E-state index contributed by atoms with van der Waals surface area (Å²) in [4.78, 5) is 10.4. The second kappa shape index (κ2) is 6.10. The summed E-state index contributed by atoms with van der Waals surface area (Å²) >= 11 is 0. The van der Waals surface area contributed by atoms with E-state index in [-0.39, 0.29) is 9.79 Å². The Balaban J connectivity index is 3.11. The van der Waals surface area contributed by atoms with Crippen LogP contribution in [0.5, 0.6) is 0 Å². The molecule has 0 unspecified atom stereocenters. The predicted octanol–water partition coefficient (Wildman–Crippen LogP) is -0.312. The van der Waals surface area contributed by atoms with Crippen LogP contribution >= 0.6 is 0 Å². The smallest absolute Gasteiger partial charge is 0.321 e. The van der Waals surface area contributed by atoms with Gasteiger partial charge in [0.2, 0.25) is 20.0 Å². The maximum Gasteiger partial charge on any atom is 0.321 e. The molecule has 0 saturated heterocycles. The summed E-state index contributed by atoms with van der Waals surface area (Å²) in [6, 6.07) is 3.21. The molecule has 0 aliphatic heterocycles. The Labute approximate surface area is 123 Å². The van der Waals surface area contributed by atoms with Gasteiger partial charge in [0.05, 0.1) is 9.79 Å². The van der Waals surface area contributed by atoms with Gasteiger partial charge in [-0.05, 0) is 31.2 Å². The van der Waals surface area contributed by atoms with E-state index in [0.717, 1.165) is 28.6 Å². The monoisotopic (exact) mass is 336 g/mol. The first kappa shape index (κ1) is 17.6. The van der Waals surface area contributed by atoms with E-state index in [1.165, 1.54) is 21.0 Å². The second-order valence-corrected chi connectivity index (χ2v) is 8.31. The van der Waals surface area contributed by atoms with Crippen molar-refractivity contribution in [2.45, 2.75) is 22.8 Å². The van der Waals surface area contributed by atoms with E-state index in [0.29, 0.717) is 0 Å². The topological polar surface area (TPSA) is 121 Å². The van der Waals surface area contributed by atoms with E-state index >= 15 is 0 Å². The average molecular weight is 336 g/mol. The summed E-state index contributed by atoms with van der Waals surface area (Å²) in [6.45, 7) is 1.19. The van der Waals surface area contributed by atoms with Gasteiger partial charge in [-0.2, -0.15) is 4.72 Å². The first-order chi connectivity index (χ1) is 9.48. The third kappa shape index (κ3) is 4.00. The van der Waals surface area contributed by atoms with Gasteiger partial charge >= 0.3 is 5.97 Å². The van der Waals surface area contributed by atoms with Crippen LogP contribution in [0.1, 0.15) is 6.92 Å². The molecule has 0 radical (unpaired) electrons. The summed E-state index contributed by atoms with van der Waals surface area (Å²) in [5.74, 6) is -1.31. The lowest BCUT2D eigenvalue weighted by Crippen LogP contribution is -2.38. The van der Waals surface area contributed by atoms with Gasteiger partial charge in [0.25, 0.3) is 0 Å². The molecule has 1 aromatic carbocycles. The van der Waals surface area contributed by atoms with Gasteiger partial charge in [-0.1, -0.05) is 0 Å². The molecule has 0 saturated carbocycles. The number of nitrogens with one attached hydrogen (secondary N) is 1. The summed E-state index contributed by atoms with van der Waals surface area (Å²) in [5.41, 5.74) is 0. The van der Waals surface area contributed by atoms with Crippen molar-refractivity contribution in [3.8, 4) is 0 Å². The highest BCUT2D eigenvalue weighted by molar-refractivity contribution is 7.89. The minimum atomic E-state index is -4.03. The number of aliphatic carboxylic acids is 1. The average Bonchev–Trinajstić information content (AvgIpc) is 2.38. The molecular weight excluding hydrogens is 320 g/mol. The molecule has 8 nitrogen and oxygen atoms in total. The molecule has 0 heterocycles. The van der Waals surface area contributed by atoms with Gasteiger partial charge in [0.1, 0.15) is 6.04 Å². The van der Waals surface area contributed by atoms with E-state index in [1.807, 2.05) is 4.72 Å². The summed E-state index contributed by atoms with van der Waals surface area (Å²) in [6.07, 6.45) is 0. The molecule has 0 fully saturated rings. The van der Waals surface area contributed by atoms with Crippen LogP contribution < -0.4 is 4.72 Å². The minimum Gasteiger partial charge on any atom is -0.480 e.